The largest absolute Gasteiger partial charge is 0.396 e. The molecule has 0 radical (unpaired) electrons. The third-order valence-electron chi connectivity index (χ3n) is 4.93. The number of aliphatic hydroxyl groups excluding tert-OH is 1. The van der Waals surface area contributed by atoms with E-state index >= 15 is 0 Å². The fraction of sp³-hybridized carbons (Fsp3) is 0.316. The zero-order valence-electron chi connectivity index (χ0n) is 13.0. The molecule has 3 rings (SSSR count). The summed E-state index contributed by atoms with van der Waals surface area (Å²) in [5, 5.41) is 9.72. The third-order valence-corrected chi connectivity index (χ3v) is 4.93. The van der Waals surface area contributed by atoms with Crippen molar-refractivity contribution < 1.29 is 9.90 Å². The van der Waals surface area contributed by atoms with E-state index in [0.29, 0.717) is 6.54 Å². The molecule has 1 aliphatic heterocycles. The molecule has 0 aliphatic carbocycles. The minimum Gasteiger partial charge on any atom is -0.396 e. The molecule has 2 aromatic rings. The zero-order chi connectivity index (χ0) is 15.7. The van der Waals surface area contributed by atoms with E-state index < -0.39 is 5.54 Å². The Labute approximate surface area is 131 Å². The van der Waals surface area contributed by atoms with Crippen molar-refractivity contribution in [3.8, 4) is 0 Å². The molecule has 3 nitrogen and oxygen atoms in total. The van der Waals surface area contributed by atoms with Crippen LogP contribution in [-0.2, 0) is 12.1 Å². The summed E-state index contributed by atoms with van der Waals surface area (Å²) < 4.78 is 0. The smallest absolute Gasteiger partial charge is 0.255 e. The van der Waals surface area contributed by atoms with Crippen LogP contribution in [0.25, 0.3) is 0 Å². The lowest BCUT2D eigenvalue weighted by atomic mass is 9.80. The summed E-state index contributed by atoms with van der Waals surface area (Å²) >= 11 is 0. The van der Waals surface area contributed by atoms with Crippen molar-refractivity contribution in [1.82, 2.24) is 4.90 Å². The Hall–Kier alpha value is -2.13. The highest BCUT2D eigenvalue weighted by molar-refractivity contribution is 6.00. The van der Waals surface area contributed by atoms with Gasteiger partial charge in [0.05, 0.1) is 5.54 Å². The normalized spacial score (nSPS) is 21.8. The summed E-state index contributed by atoms with van der Waals surface area (Å²) in [6.07, 6.45) is 0. The Bertz CT molecular complexity index is 683. The molecule has 2 atom stereocenters. The maximum absolute atomic E-state index is 12.9. The van der Waals surface area contributed by atoms with Gasteiger partial charge in [-0.25, -0.2) is 0 Å². The van der Waals surface area contributed by atoms with Gasteiger partial charge in [0, 0.05) is 24.6 Å². The first-order valence-corrected chi connectivity index (χ1v) is 7.65. The number of carbonyl (C=O) groups excluding carboxylic acids is 1. The molecular formula is C19H21NO2. The van der Waals surface area contributed by atoms with E-state index in [4.69, 9.17) is 0 Å². The fourth-order valence-corrected chi connectivity index (χ4v) is 3.32. The lowest BCUT2D eigenvalue weighted by Crippen LogP contribution is -2.46. The van der Waals surface area contributed by atoms with E-state index in [2.05, 4.69) is 6.92 Å². The number of benzene rings is 2. The Balaban J connectivity index is 2.07. The van der Waals surface area contributed by atoms with E-state index in [-0.39, 0.29) is 18.4 Å². The number of hydrogen-bond acceptors (Lipinski definition) is 2. The minimum atomic E-state index is -0.488. The summed E-state index contributed by atoms with van der Waals surface area (Å²) in [5.74, 6) is 0.00562. The van der Waals surface area contributed by atoms with Crippen LogP contribution >= 0.6 is 0 Å². The molecule has 0 aromatic heterocycles. The van der Waals surface area contributed by atoms with Gasteiger partial charge < -0.3 is 10.0 Å². The number of nitrogens with zero attached hydrogens (tertiary/aromatic N) is 1. The van der Waals surface area contributed by atoms with Gasteiger partial charge in [-0.3, -0.25) is 4.79 Å². The van der Waals surface area contributed by atoms with E-state index in [1.54, 1.807) is 0 Å². The van der Waals surface area contributed by atoms with Crippen molar-refractivity contribution in [2.24, 2.45) is 5.92 Å². The topological polar surface area (TPSA) is 40.5 Å². The molecule has 114 valence electrons. The molecule has 0 saturated heterocycles. The van der Waals surface area contributed by atoms with E-state index in [1.165, 1.54) is 0 Å². The first-order chi connectivity index (χ1) is 10.6. The second-order valence-electron chi connectivity index (χ2n) is 6.15. The van der Waals surface area contributed by atoms with Gasteiger partial charge in [-0.1, -0.05) is 55.5 Å². The molecule has 0 bridgehead atoms. The number of fused-ring (bicyclic) bond motifs is 1. The average molecular weight is 295 g/mol. The molecule has 1 heterocycles. The van der Waals surface area contributed by atoms with Crippen LogP contribution in [0.1, 0.15) is 35.3 Å². The van der Waals surface area contributed by atoms with E-state index in [1.807, 2.05) is 66.4 Å². The van der Waals surface area contributed by atoms with Crippen LogP contribution in [0, 0.1) is 5.92 Å². The summed E-state index contributed by atoms with van der Waals surface area (Å²) in [7, 11) is 0. The molecule has 3 heteroatoms. The maximum Gasteiger partial charge on any atom is 0.255 e. The molecule has 0 saturated carbocycles. The highest BCUT2D eigenvalue weighted by atomic mass is 16.3. The molecule has 1 amide bonds. The van der Waals surface area contributed by atoms with Gasteiger partial charge >= 0.3 is 0 Å². The highest BCUT2D eigenvalue weighted by Gasteiger charge is 2.48. The quantitative estimate of drug-likeness (QED) is 0.941. The molecule has 2 aromatic carbocycles. The second kappa shape index (κ2) is 5.58. The zero-order valence-corrected chi connectivity index (χ0v) is 13.0. The van der Waals surface area contributed by atoms with Crippen LogP contribution in [0.4, 0.5) is 0 Å². The predicted octanol–water partition coefficient (Wildman–Crippen LogP) is 3.19. The van der Waals surface area contributed by atoms with Gasteiger partial charge in [-0.15, -0.1) is 0 Å². The third kappa shape index (κ3) is 2.13. The monoisotopic (exact) mass is 295 g/mol. The van der Waals surface area contributed by atoms with Crippen LogP contribution in [0.2, 0.25) is 0 Å². The number of rotatable bonds is 4. The number of aliphatic hydroxyl groups is 1. The van der Waals surface area contributed by atoms with Gasteiger partial charge in [0.25, 0.3) is 5.91 Å². The van der Waals surface area contributed by atoms with Gasteiger partial charge in [0.15, 0.2) is 0 Å². The maximum atomic E-state index is 12.9. The minimum absolute atomic E-state index is 0.0381. The Morgan fingerprint density at radius 3 is 2.41 bits per heavy atom. The molecule has 1 N–H and O–H groups in total. The van der Waals surface area contributed by atoms with E-state index in [9.17, 15) is 9.90 Å². The van der Waals surface area contributed by atoms with Crippen LogP contribution in [0.5, 0.6) is 0 Å². The van der Waals surface area contributed by atoms with Gasteiger partial charge in [-0.2, -0.15) is 0 Å². The molecule has 1 aliphatic rings. The van der Waals surface area contributed by atoms with Gasteiger partial charge in [0.2, 0.25) is 0 Å². The number of amides is 1. The average Bonchev–Trinajstić information content (AvgIpc) is 2.78. The highest BCUT2D eigenvalue weighted by Crippen LogP contribution is 2.44. The predicted molar refractivity (Wildman–Crippen MR) is 86.4 cm³/mol. The van der Waals surface area contributed by atoms with Crippen molar-refractivity contribution in [1.29, 1.82) is 0 Å². The van der Waals surface area contributed by atoms with Crippen LogP contribution in [-0.4, -0.2) is 22.5 Å². The Morgan fingerprint density at radius 2 is 1.73 bits per heavy atom. The Morgan fingerprint density at radius 1 is 1.09 bits per heavy atom. The van der Waals surface area contributed by atoms with Crippen molar-refractivity contribution in [3.05, 3.63) is 71.3 Å². The summed E-state index contributed by atoms with van der Waals surface area (Å²) in [5.41, 5.74) is 2.37. The first kappa shape index (κ1) is 14.8. The number of carbonyl (C=O) groups is 1. The molecular weight excluding hydrogens is 274 g/mol. The van der Waals surface area contributed by atoms with Crippen LogP contribution in [0.15, 0.2) is 54.6 Å². The molecule has 0 fully saturated rings. The second-order valence-corrected chi connectivity index (χ2v) is 6.15. The van der Waals surface area contributed by atoms with Gasteiger partial charge in [0.1, 0.15) is 0 Å². The van der Waals surface area contributed by atoms with Gasteiger partial charge in [-0.05, 0) is 24.1 Å². The van der Waals surface area contributed by atoms with E-state index in [0.717, 1.165) is 16.7 Å². The SMILES string of the molecule is CC(CO)C1(C)c2ccccc2C(=O)N1Cc1ccccc1. The van der Waals surface area contributed by atoms with Crippen LogP contribution in [0.3, 0.4) is 0 Å². The number of hydrogen-bond donors (Lipinski definition) is 1. The van der Waals surface area contributed by atoms with Crippen molar-refractivity contribution in [2.45, 2.75) is 25.9 Å². The summed E-state index contributed by atoms with van der Waals surface area (Å²) in [6, 6.07) is 17.7. The first-order valence-electron chi connectivity index (χ1n) is 7.65. The van der Waals surface area contributed by atoms with Crippen molar-refractivity contribution in [3.63, 3.8) is 0 Å². The molecule has 22 heavy (non-hydrogen) atoms. The summed E-state index contributed by atoms with van der Waals surface area (Å²) in [6.45, 7) is 4.65. The Kier molecular flexibility index (Phi) is 3.75. The molecule has 2 unspecified atom stereocenters. The molecule has 0 spiro atoms. The van der Waals surface area contributed by atoms with Crippen molar-refractivity contribution in [2.75, 3.05) is 6.61 Å². The summed E-state index contributed by atoms with van der Waals surface area (Å²) in [4.78, 5) is 14.8. The van der Waals surface area contributed by atoms with Crippen LogP contribution < -0.4 is 0 Å². The lowest BCUT2D eigenvalue weighted by Gasteiger charge is -2.40. The standard InChI is InChI=1S/C19H21NO2/c1-14(13-21)19(2)17-11-7-6-10-16(17)18(22)20(19)12-15-8-4-3-5-9-15/h3-11,14,21H,12-13H2,1-2H3. The fourth-order valence-electron chi connectivity index (χ4n) is 3.32. The van der Waals surface area contributed by atoms with Crippen molar-refractivity contribution >= 4 is 5.91 Å². The lowest BCUT2D eigenvalue weighted by molar-refractivity contribution is 0.0268.